The fraction of sp³-hybridized carbons (Fsp3) is 0.100. The molecule has 1 aliphatic rings. The predicted molar refractivity (Wildman–Crippen MR) is 97.9 cm³/mol. The minimum Gasteiger partial charge on any atom is -0.503 e. The Hall–Kier alpha value is -3.94. The molecule has 0 fully saturated rings. The lowest BCUT2D eigenvalue weighted by Crippen LogP contribution is -2.32. The van der Waals surface area contributed by atoms with Crippen molar-refractivity contribution in [3.8, 4) is 5.75 Å². The third-order valence-electron chi connectivity index (χ3n) is 4.40. The number of aliphatic hydroxyl groups excluding tert-OH is 1. The molecule has 1 aromatic carbocycles. The van der Waals surface area contributed by atoms with E-state index in [1.165, 1.54) is 36.7 Å². The molecule has 0 saturated heterocycles. The van der Waals surface area contributed by atoms with Gasteiger partial charge >= 0.3 is 0 Å². The number of rotatable bonds is 5. The van der Waals surface area contributed by atoms with E-state index in [1.807, 2.05) is 0 Å². The number of hydrogen-bond acceptors (Lipinski definition) is 7. The number of hydrogen-bond donors (Lipinski definition) is 1. The van der Waals surface area contributed by atoms with Gasteiger partial charge in [0.1, 0.15) is 5.75 Å². The Bertz CT molecular complexity index is 1040. The van der Waals surface area contributed by atoms with Crippen LogP contribution in [-0.2, 0) is 4.79 Å². The van der Waals surface area contributed by atoms with Gasteiger partial charge in [0.25, 0.3) is 5.91 Å². The first-order valence-electron chi connectivity index (χ1n) is 8.37. The Labute approximate surface area is 159 Å². The van der Waals surface area contributed by atoms with E-state index in [9.17, 15) is 14.7 Å². The average Bonchev–Trinajstić information content (AvgIpc) is 3.36. The quantitative estimate of drug-likeness (QED) is 0.682. The number of methoxy groups -OCH3 is 1. The number of nitrogens with zero attached hydrogens (tertiary/aromatic N) is 3. The fourth-order valence-corrected chi connectivity index (χ4v) is 3.10. The summed E-state index contributed by atoms with van der Waals surface area (Å²) in [5, 5.41) is 10.5. The maximum absolute atomic E-state index is 13.0. The maximum atomic E-state index is 13.0. The Kier molecular flexibility index (Phi) is 4.36. The molecule has 140 valence electrons. The lowest BCUT2D eigenvalue weighted by atomic mass is 9.95. The lowest BCUT2D eigenvalue weighted by molar-refractivity contribution is -0.117. The topological polar surface area (TPSA) is 106 Å². The summed E-state index contributed by atoms with van der Waals surface area (Å²) in [7, 11) is 1.54. The number of carbonyl (C=O) groups is 2. The number of amides is 1. The van der Waals surface area contributed by atoms with Crippen LogP contribution in [-0.4, -0.2) is 33.9 Å². The molecule has 1 N–H and O–H groups in total. The van der Waals surface area contributed by atoms with Crippen LogP contribution in [0.25, 0.3) is 0 Å². The Morgan fingerprint density at radius 1 is 1.14 bits per heavy atom. The highest BCUT2D eigenvalue weighted by Crippen LogP contribution is 2.41. The average molecular weight is 377 g/mol. The van der Waals surface area contributed by atoms with Crippen molar-refractivity contribution < 1.29 is 23.8 Å². The van der Waals surface area contributed by atoms with Crippen LogP contribution in [0.1, 0.15) is 22.2 Å². The summed E-state index contributed by atoms with van der Waals surface area (Å²) in [6.07, 6.45) is 4.30. The number of anilines is 1. The van der Waals surface area contributed by atoms with Crippen LogP contribution in [0.2, 0.25) is 0 Å². The predicted octanol–water partition coefficient (Wildman–Crippen LogP) is 2.86. The number of aromatic nitrogens is 2. The minimum absolute atomic E-state index is 0.0173. The second kappa shape index (κ2) is 6.99. The van der Waals surface area contributed by atoms with Gasteiger partial charge in [-0.2, -0.15) is 0 Å². The van der Waals surface area contributed by atoms with Crippen LogP contribution in [0.5, 0.6) is 5.75 Å². The molecule has 1 aliphatic heterocycles. The molecule has 28 heavy (non-hydrogen) atoms. The zero-order chi connectivity index (χ0) is 19.7. The minimum atomic E-state index is -0.918. The summed E-state index contributed by atoms with van der Waals surface area (Å²) in [4.78, 5) is 35.2. The van der Waals surface area contributed by atoms with Crippen molar-refractivity contribution in [2.45, 2.75) is 6.04 Å². The van der Waals surface area contributed by atoms with Crippen molar-refractivity contribution >= 4 is 17.6 Å². The van der Waals surface area contributed by atoms with E-state index in [-0.39, 0.29) is 17.3 Å². The van der Waals surface area contributed by atoms with Crippen LogP contribution in [0, 0.1) is 0 Å². The molecule has 0 radical (unpaired) electrons. The molecule has 3 aromatic rings. The third-order valence-corrected chi connectivity index (χ3v) is 4.40. The molecular weight excluding hydrogens is 362 g/mol. The van der Waals surface area contributed by atoms with E-state index in [0.717, 1.165) is 0 Å². The maximum Gasteiger partial charge on any atom is 0.296 e. The number of ether oxygens (including phenoxy) is 1. The molecular formula is C20H15N3O5. The van der Waals surface area contributed by atoms with Crippen molar-refractivity contribution in [1.82, 2.24) is 9.97 Å². The molecule has 0 aliphatic carbocycles. The summed E-state index contributed by atoms with van der Waals surface area (Å²) >= 11 is 0. The molecule has 1 amide bonds. The number of Topliss-reactive ketones (excluding diaryl/α,β-unsaturated/α-hetero) is 1. The lowest BCUT2D eigenvalue weighted by Gasteiger charge is -2.24. The van der Waals surface area contributed by atoms with Crippen LogP contribution in [0.4, 0.5) is 5.95 Å². The molecule has 1 atom stereocenters. The second-order valence-corrected chi connectivity index (χ2v) is 5.97. The smallest absolute Gasteiger partial charge is 0.296 e. The SMILES string of the molecule is COc1ccc([C@@H]2C(C(=O)c3ccco3)=C(O)C(=O)N2c2ncccn2)cc1. The van der Waals surface area contributed by atoms with Crippen LogP contribution >= 0.6 is 0 Å². The van der Waals surface area contributed by atoms with Gasteiger partial charge in [0.2, 0.25) is 11.7 Å². The zero-order valence-electron chi connectivity index (χ0n) is 14.8. The standard InChI is InChI=1S/C20H15N3O5/c1-27-13-7-5-12(6-8-13)16-15(17(24)14-4-2-11-28-14)18(25)19(26)23(16)20-21-9-3-10-22-20/h2-11,16,25H,1H3/t16-/m1/s1. The summed E-state index contributed by atoms with van der Waals surface area (Å²) in [5.41, 5.74) is 0.484. The van der Waals surface area contributed by atoms with Crippen LogP contribution < -0.4 is 9.64 Å². The first kappa shape index (κ1) is 17.5. The zero-order valence-corrected chi connectivity index (χ0v) is 14.8. The monoisotopic (exact) mass is 377 g/mol. The van der Waals surface area contributed by atoms with Gasteiger partial charge in [-0.25, -0.2) is 9.97 Å². The molecule has 8 nitrogen and oxygen atoms in total. The summed E-state index contributed by atoms with van der Waals surface area (Å²) in [5.74, 6) is -1.31. The summed E-state index contributed by atoms with van der Waals surface area (Å²) in [6, 6.07) is 10.5. The third kappa shape index (κ3) is 2.81. The van der Waals surface area contributed by atoms with Crippen molar-refractivity contribution in [3.63, 3.8) is 0 Å². The van der Waals surface area contributed by atoms with E-state index in [0.29, 0.717) is 11.3 Å². The van der Waals surface area contributed by atoms with Gasteiger partial charge < -0.3 is 14.3 Å². The van der Waals surface area contributed by atoms with Crippen molar-refractivity contribution in [2.24, 2.45) is 0 Å². The van der Waals surface area contributed by atoms with E-state index in [1.54, 1.807) is 36.4 Å². The fourth-order valence-electron chi connectivity index (χ4n) is 3.10. The Balaban J connectivity index is 1.86. The molecule has 0 spiro atoms. The van der Waals surface area contributed by atoms with Crippen LogP contribution in [0.3, 0.4) is 0 Å². The number of benzene rings is 1. The van der Waals surface area contributed by atoms with E-state index < -0.39 is 23.5 Å². The molecule has 2 aromatic heterocycles. The highest BCUT2D eigenvalue weighted by Gasteiger charge is 2.46. The first-order chi connectivity index (χ1) is 13.6. The number of furan rings is 1. The number of ketones is 1. The Morgan fingerprint density at radius 2 is 1.86 bits per heavy atom. The van der Waals surface area contributed by atoms with Gasteiger partial charge in [0.05, 0.1) is 25.0 Å². The molecule has 4 rings (SSSR count). The van der Waals surface area contributed by atoms with Crippen molar-refractivity contribution in [3.05, 3.63) is 83.8 Å². The second-order valence-electron chi connectivity index (χ2n) is 5.97. The largest absolute Gasteiger partial charge is 0.503 e. The molecule has 0 unspecified atom stereocenters. The summed E-state index contributed by atoms with van der Waals surface area (Å²) in [6.45, 7) is 0. The van der Waals surface area contributed by atoms with Crippen molar-refractivity contribution in [2.75, 3.05) is 12.0 Å². The van der Waals surface area contributed by atoms with Crippen LogP contribution in [0.15, 0.2) is 76.9 Å². The summed E-state index contributed by atoms with van der Waals surface area (Å²) < 4.78 is 10.3. The van der Waals surface area contributed by atoms with Crippen molar-refractivity contribution in [1.29, 1.82) is 0 Å². The van der Waals surface area contributed by atoms with E-state index in [2.05, 4.69) is 9.97 Å². The molecule has 8 heteroatoms. The highest BCUT2D eigenvalue weighted by atomic mass is 16.5. The Morgan fingerprint density at radius 3 is 2.46 bits per heavy atom. The van der Waals surface area contributed by atoms with Gasteiger partial charge in [0.15, 0.2) is 11.5 Å². The van der Waals surface area contributed by atoms with E-state index >= 15 is 0 Å². The van der Waals surface area contributed by atoms with E-state index in [4.69, 9.17) is 9.15 Å². The van der Waals surface area contributed by atoms with Gasteiger partial charge in [-0.3, -0.25) is 14.5 Å². The molecule has 0 saturated carbocycles. The molecule has 3 heterocycles. The highest BCUT2D eigenvalue weighted by molar-refractivity contribution is 6.19. The van der Waals surface area contributed by atoms with Gasteiger partial charge in [-0.15, -0.1) is 0 Å². The number of carbonyl (C=O) groups excluding carboxylic acids is 2. The van der Waals surface area contributed by atoms with Gasteiger partial charge in [-0.1, -0.05) is 12.1 Å². The first-order valence-corrected chi connectivity index (χ1v) is 8.37. The number of aliphatic hydroxyl groups is 1. The van der Waals surface area contributed by atoms with Gasteiger partial charge in [0, 0.05) is 12.4 Å². The molecule has 0 bridgehead atoms. The van der Waals surface area contributed by atoms with Gasteiger partial charge in [-0.05, 0) is 35.9 Å². The normalized spacial score (nSPS) is 16.5.